The predicted octanol–water partition coefficient (Wildman–Crippen LogP) is 4.43. The van der Waals surface area contributed by atoms with Crippen LogP contribution in [0, 0.1) is 10.1 Å². The fraction of sp³-hybridized carbons (Fsp3) is 0.400. The van der Waals surface area contributed by atoms with E-state index >= 15 is 0 Å². The van der Waals surface area contributed by atoms with Crippen LogP contribution in [0.15, 0.2) is 54.6 Å². The van der Waals surface area contributed by atoms with E-state index in [1.807, 2.05) is 20.2 Å². The van der Waals surface area contributed by atoms with Gasteiger partial charge in [-0.25, -0.2) is 0 Å². The van der Waals surface area contributed by atoms with E-state index in [-0.39, 0.29) is 35.4 Å². The second kappa shape index (κ2) is 15.4. The van der Waals surface area contributed by atoms with E-state index in [1.165, 1.54) is 17.7 Å². The van der Waals surface area contributed by atoms with Crippen molar-refractivity contribution in [1.82, 2.24) is 10.6 Å². The van der Waals surface area contributed by atoms with Crippen molar-refractivity contribution in [3.63, 3.8) is 0 Å². The summed E-state index contributed by atoms with van der Waals surface area (Å²) >= 11 is 0. The molecule has 5 nitrogen and oxygen atoms in total. The van der Waals surface area contributed by atoms with Crippen LogP contribution >= 0.6 is 24.8 Å². The van der Waals surface area contributed by atoms with Crippen molar-refractivity contribution in [1.29, 1.82) is 0 Å². The zero-order chi connectivity index (χ0) is 18.7. The summed E-state index contributed by atoms with van der Waals surface area (Å²) in [7, 11) is 3.89. The average Bonchev–Trinajstić information content (AvgIpc) is 2.63. The Morgan fingerprint density at radius 3 is 1.59 bits per heavy atom. The Kier molecular flexibility index (Phi) is 15.7. The van der Waals surface area contributed by atoms with Crippen LogP contribution in [0.4, 0.5) is 5.69 Å². The number of rotatable bonds is 7. The van der Waals surface area contributed by atoms with Crippen LogP contribution in [0.3, 0.4) is 0 Å². The van der Waals surface area contributed by atoms with E-state index in [0.29, 0.717) is 12.1 Å². The van der Waals surface area contributed by atoms with Gasteiger partial charge in [0.1, 0.15) is 0 Å². The minimum atomic E-state index is -0.384. The second-order valence-electron chi connectivity index (χ2n) is 6.20. The second-order valence-corrected chi connectivity index (χ2v) is 6.20. The molecule has 0 aliphatic carbocycles. The Labute approximate surface area is 174 Å². The van der Waals surface area contributed by atoms with Gasteiger partial charge in [-0.3, -0.25) is 10.1 Å². The van der Waals surface area contributed by atoms with E-state index in [9.17, 15) is 10.1 Å². The molecule has 0 fully saturated rings. The van der Waals surface area contributed by atoms with Gasteiger partial charge in [0.25, 0.3) is 5.69 Å². The van der Waals surface area contributed by atoms with Gasteiger partial charge in [-0.1, -0.05) is 42.5 Å². The average molecular weight is 416 g/mol. The van der Waals surface area contributed by atoms with Crippen molar-refractivity contribution in [2.75, 3.05) is 14.1 Å². The highest BCUT2D eigenvalue weighted by Crippen LogP contribution is 2.12. The number of halogens is 2. The standard InChI is InChI=1S/C10H14N2O2.C10H15N.2ClH/c1-8(11-2)7-9-3-5-10(6-4-9)12(13)14;1-9(11-2)8-10-6-4-3-5-7-10;;/h3-6,8,11H,7H2,1-2H3;3-7,9,11H,8H2,1-2H3;2*1H/t;9-;;/m.0../s1. The quantitative estimate of drug-likeness (QED) is 0.518. The minimum absolute atomic E-state index is 0. The lowest BCUT2D eigenvalue weighted by Gasteiger charge is -2.09. The van der Waals surface area contributed by atoms with Crippen LogP contribution in [-0.4, -0.2) is 31.1 Å². The Morgan fingerprint density at radius 2 is 1.22 bits per heavy atom. The zero-order valence-corrected chi connectivity index (χ0v) is 18.0. The Bertz CT molecular complexity index is 625. The number of hydrogen-bond acceptors (Lipinski definition) is 4. The number of nitro benzene ring substituents is 1. The molecule has 0 amide bonds. The van der Waals surface area contributed by atoms with E-state index in [0.717, 1.165) is 18.4 Å². The summed E-state index contributed by atoms with van der Waals surface area (Å²) in [5.74, 6) is 0. The molecule has 0 aliphatic rings. The van der Waals surface area contributed by atoms with Crippen LogP contribution in [0.25, 0.3) is 0 Å². The third-order valence-corrected chi connectivity index (χ3v) is 4.06. The van der Waals surface area contributed by atoms with Gasteiger partial charge in [-0.05, 0) is 51.9 Å². The van der Waals surface area contributed by atoms with Crippen LogP contribution < -0.4 is 10.6 Å². The molecule has 7 heteroatoms. The normalized spacial score (nSPS) is 11.7. The summed E-state index contributed by atoms with van der Waals surface area (Å²) < 4.78 is 0. The van der Waals surface area contributed by atoms with E-state index in [4.69, 9.17) is 0 Å². The summed E-state index contributed by atoms with van der Waals surface area (Å²) in [6, 6.07) is 18.2. The van der Waals surface area contributed by atoms with Crippen molar-refractivity contribution in [3.05, 3.63) is 75.8 Å². The van der Waals surface area contributed by atoms with E-state index in [2.05, 4.69) is 48.7 Å². The Balaban J connectivity index is 0. The molecule has 2 aromatic carbocycles. The summed E-state index contributed by atoms with van der Waals surface area (Å²) in [5, 5.41) is 16.7. The van der Waals surface area contributed by atoms with Crippen LogP contribution in [-0.2, 0) is 12.8 Å². The topological polar surface area (TPSA) is 67.2 Å². The summed E-state index contributed by atoms with van der Waals surface area (Å²) in [4.78, 5) is 10.0. The maximum atomic E-state index is 10.4. The van der Waals surface area contributed by atoms with Crippen molar-refractivity contribution < 1.29 is 4.92 Å². The lowest BCUT2D eigenvalue weighted by molar-refractivity contribution is -0.384. The molecule has 0 radical (unpaired) electrons. The number of likely N-dealkylation sites (N-methyl/N-ethyl adjacent to an activating group) is 2. The van der Waals surface area contributed by atoms with Gasteiger partial charge in [0.15, 0.2) is 0 Å². The molecule has 0 saturated heterocycles. The zero-order valence-electron chi connectivity index (χ0n) is 16.3. The lowest BCUT2D eigenvalue weighted by atomic mass is 10.1. The van der Waals surface area contributed by atoms with Crippen molar-refractivity contribution in [2.45, 2.75) is 38.8 Å². The highest BCUT2D eigenvalue weighted by molar-refractivity contribution is 5.85. The predicted molar refractivity (Wildman–Crippen MR) is 118 cm³/mol. The first-order chi connectivity index (χ1) is 12.0. The number of benzene rings is 2. The Hall–Kier alpha value is -1.66. The van der Waals surface area contributed by atoms with Crippen molar-refractivity contribution in [2.24, 2.45) is 0 Å². The van der Waals surface area contributed by atoms with Crippen molar-refractivity contribution >= 4 is 30.5 Å². The highest BCUT2D eigenvalue weighted by atomic mass is 35.5. The molecular weight excluding hydrogens is 385 g/mol. The minimum Gasteiger partial charge on any atom is -0.317 e. The number of nitrogens with zero attached hydrogens (tertiary/aromatic N) is 1. The molecule has 1 unspecified atom stereocenters. The molecule has 0 saturated carbocycles. The van der Waals surface area contributed by atoms with Gasteiger partial charge in [-0.15, -0.1) is 24.8 Å². The van der Waals surface area contributed by atoms with E-state index < -0.39 is 0 Å². The number of hydrogen-bond donors (Lipinski definition) is 2. The fourth-order valence-corrected chi connectivity index (χ4v) is 2.28. The van der Waals surface area contributed by atoms with Gasteiger partial charge in [0.2, 0.25) is 0 Å². The summed E-state index contributed by atoms with van der Waals surface area (Å²) in [6.45, 7) is 4.26. The molecule has 0 heterocycles. The Morgan fingerprint density at radius 1 is 0.815 bits per heavy atom. The molecule has 0 bridgehead atoms. The third-order valence-electron chi connectivity index (χ3n) is 4.06. The molecule has 0 aromatic heterocycles. The highest BCUT2D eigenvalue weighted by Gasteiger charge is 2.05. The van der Waals surface area contributed by atoms with Gasteiger partial charge in [0, 0.05) is 24.2 Å². The molecule has 27 heavy (non-hydrogen) atoms. The molecular formula is C20H31Cl2N3O2. The molecule has 152 valence electrons. The first kappa shape index (κ1) is 27.6. The van der Waals surface area contributed by atoms with E-state index in [1.54, 1.807) is 12.1 Å². The molecule has 2 atom stereocenters. The monoisotopic (exact) mass is 415 g/mol. The summed E-state index contributed by atoms with van der Waals surface area (Å²) in [5.41, 5.74) is 2.65. The van der Waals surface area contributed by atoms with Crippen LogP contribution in [0.5, 0.6) is 0 Å². The van der Waals surface area contributed by atoms with Gasteiger partial charge >= 0.3 is 0 Å². The smallest absolute Gasteiger partial charge is 0.269 e. The number of non-ortho nitro benzene ring substituents is 1. The SMILES string of the molecule is CNC(C)Cc1ccc([N+](=O)[O-])cc1.CN[C@@H](C)Cc1ccccc1.Cl.Cl. The van der Waals surface area contributed by atoms with Crippen LogP contribution in [0.2, 0.25) is 0 Å². The molecule has 0 aliphatic heterocycles. The van der Waals surface area contributed by atoms with Crippen molar-refractivity contribution in [3.8, 4) is 0 Å². The fourth-order valence-electron chi connectivity index (χ4n) is 2.28. The molecule has 2 rings (SSSR count). The molecule has 2 N–H and O–H groups in total. The molecule has 2 aromatic rings. The van der Waals surface area contributed by atoms with Crippen LogP contribution in [0.1, 0.15) is 25.0 Å². The maximum Gasteiger partial charge on any atom is 0.269 e. The first-order valence-corrected chi connectivity index (χ1v) is 8.58. The van der Waals surface area contributed by atoms with Gasteiger partial charge in [0.05, 0.1) is 4.92 Å². The third kappa shape index (κ3) is 11.6. The number of nitro groups is 1. The number of nitrogens with one attached hydrogen (secondary N) is 2. The molecule has 0 spiro atoms. The largest absolute Gasteiger partial charge is 0.317 e. The lowest BCUT2D eigenvalue weighted by Crippen LogP contribution is -2.23. The first-order valence-electron chi connectivity index (χ1n) is 8.58. The summed E-state index contributed by atoms with van der Waals surface area (Å²) in [6.07, 6.45) is 1.99. The van der Waals surface area contributed by atoms with Gasteiger partial charge < -0.3 is 10.6 Å². The maximum absolute atomic E-state index is 10.4. The van der Waals surface area contributed by atoms with Gasteiger partial charge in [-0.2, -0.15) is 0 Å².